The summed E-state index contributed by atoms with van der Waals surface area (Å²) in [5, 5.41) is 0. The number of ether oxygens (including phenoxy) is 2. The largest absolute Gasteiger partial charge is 0.490 e. The molecule has 19 heavy (non-hydrogen) atoms. The maximum Gasteiger partial charge on any atom is 0.175 e. The number of rotatable bonds is 5. The molecule has 106 valence electrons. The molecule has 1 aliphatic rings. The van der Waals surface area contributed by atoms with Crippen LogP contribution >= 0.6 is 27.7 Å². The van der Waals surface area contributed by atoms with Crippen molar-refractivity contribution < 1.29 is 9.47 Å². The van der Waals surface area contributed by atoms with Crippen LogP contribution in [0.1, 0.15) is 12.0 Å². The smallest absolute Gasteiger partial charge is 0.175 e. The second kappa shape index (κ2) is 7.41. The van der Waals surface area contributed by atoms with Crippen LogP contribution in [-0.4, -0.2) is 43.7 Å². The Labute approximate surface area is 127 Å². The third kappa shape index (κ3) is 4.29. The molecule has 0 fully saturated rings. The van der Waals surface area contributed by atoms with E-state index in [4.69, 9.17) is 9.47 Å². The highest BCUT2D eigenvalue weighted by Crippen LogP contribution is 2.38. The number of thioether (sulfide) groups is 1. The van der Waals surface area contributed by atoms with Crippen molar-refractivity contribution in [3.63, 3.8) is 0 Å². The van der Waals surface area contributed by atoms with Crippen LogP contribution < -0.4 is 9.47 Å². The molecule has 0 saturated heterocycles. The lowest BCUT2D eigenvalue weighted by molar-refractivity contribution is 0.296. The van der Waals surface area contributed by atoms with Gasteiger partial charge in [0.2, 0.25) is 0 Å². The van der Waals surface area contributed by atoms with Crippen molar-refractivity contribution in [2.45, 2.75) is 13.0 Å². The van der Waals surface area contributed by atoms with Crippen molar-refractivity contribution in [3.05, 3.63) is 22.2 Å². The fourth-order valence-electron chi connectivity index (χ4n) is 2.01. The van der Waals surface area contributed by atoms with Crippen molar-refractivity contribution in [3.8, 4) is 11.5 Å². The molecule has 1 heterocycles. The summed E-state index contributed by atoms with van der Waals surface area (Å²) in [7, 11) is 2.15. The van der Waals surface area contributed by atoms with E-state index in [0.717, 1.165) is 54.4 Å². The summed E-state index contributed by atoms with van der Waals surface area (Å²) in [6.07, 6.45) is 3.07. The molecule has 0 saturated carbocycles. The monoisotopic (exact) mass is 345 g/mol. The number of hydrogen-bond donors (Lipinski definition) is 0. The first-order valence-electron chi connectivity index (χ1n) is 6.46. The fraction of sp³-hybridized carbons (Fsp3) is 0.571. The molecule has 5 heteroatoms. The fourth-order valence-corrected chi connectivity index (χ4v) is 3.11. The first-order valence-corrected chi connectivity index (χ1v) is 8.65. The molecule has 1 aromatic rings. The third-order valence-electron chi connectivity index (χ3n) is 2.99. The first-order chi connectivity index (χ1) is 9.20. The van der Waals surface area contributed by atoms with E-state index in [2.05, 4.69) is 46.3 Å². The van der Waals surface area contributed by atoms with Crippen LogP contribution in [0.3, 0.4) is 0 Å². The van der Waals surface area contributed by atoms with Crippen LogP contribution in [0.2, 0.25) is 0 Å². The van der Waals surface area contributed by atoms with Gasteiger partial charge in [-0.2, -0.15) is 11.8 Å². The number of benzene rings is 1. The summed E-state index contributed by atoms with van der Waals surface area (Å²) < 4.78 is 12.5. The summed E-state index contributed by atoms with van der Waals surface area (Å²) in [6, 6.07) is 4.23. The maximum absolute atomic E-state index is 5.76. The molecule has 0 unspecified atom stereocenters. The molecular weight excluding hydrogens is 326 g/mol. The van der Waals surface area contributed by atoms with Gasteiger partial charge in [0, 0.05) is 25.3 Å². The summed E-state index contributed by atoms with van der Waals surface area (Å²) in [6.45, 7) is 3.47. The van der Waals surface area contributed by atoms with Crippen molar-refractivity contribution in [1.29, 1.82) is 0 Å². The zero-order valence-corrected chi connectivity index (χ0v) is 13.8. The molecule has 0 aromatic heterocycles. The van der Waals surface area contributed by atoms with Crippen LogP contribution in [-0.2, 0) is 6.54 Å². The Morgan fingerprint density at radius 1 is 1.32 bits per heavy atom. The summed E-state index contributed by atoms with van der Waals surface area (Å²) in [4.78, 5) is 2.32. The van der Waals surface area contributed by atoms with E-state index in [-0.39, 0.29) is 0 Å². The molecule has 0 spiro atoms. The van der Waals surface area contributed by atoms with Gasteiger partial charge in [0.15, 0.2) is 11.5 Å². The van der Waals surface area contributed by atoms with Crippen molar-refractivity contribution >= 4 is 27.7 Å². The van der Waals surface area contributed by atoms with Gasteiger partial charge in [-0.3, -0.25) is 0 Å². The number of fused-ring (bicyclic) bond motifs is 1. The number of halogens is 1. The minimum absolute atomic E-state index is 0.721. The Morgan fingerprint density at radius 2 is 2.11 bits per heavy atom. The van der Waals surface area contributed by atoms with Crippen molar-refractivity contribution in [1.82, 2.24) is 4.90 Å². The van der Waals surface area contributed by atoms with E-state index in [1.807, 2.05) is 11.8 Å². The summed E-state index contributed by atoms with van der Waals surface area (Å²) in [5.41, 5.74) is 1.25. The van der Waals surface area contributed by atoms with E-state index in [9.17, 15) is 0 Å². The Balaban J connectivity index is 2.10. The molecule has 0 bridgehead atoms. The molecule has 0 amide bonds. The van der Waals surface area contributed by atoms with E-state index in [1.165, 1.54) is 5.56 Å². The standard InChI is InChI=1S/C14H20BrNO2S/c1-16(4-7-19-2)10-11-8-12(15)14-13(9-11)17-5-3-6-18-14/h8-9H,3-7,10H2,1-2H3. The van der Waals surface area contributed by atoms with E-state index < -0.39 is 0 Å². The minimum atomic E-state index is 0.721. The van der Waals surface area contributed by atoms with Gasteiger partial charge in [0.1, 0.15) is 0 Å². The van der Waals surface area contributed by atoms with Gasteiger partial charge < -0.3 is 14.4 Å². The van der Waals surface area contributed by atoms with Crippen LogP contribution in [0.4, 0.5) is 0 Å². The minimum Gasteiger partial charge on any atom is -0.490 e. The van der Waals surface area contributed by atoms with Crippen molar-refractivity contribution in [2.75, 3.05) is 38.8 Å². The quantitative estimate of drug-likeness (QED) is 0.815. The molecule has 2 rings (SSSR count). The lowest BCUT2D eigenvalue weighted by Crippen LogP contribution is -2.20. The van der Waals surface area contributed by atoms with Gasteiger partial charge in [-0.05, 0) is 46.9 Å². The molecule has 0 N–H and O–H groups in total. The molecule has 0 radical (unpaired) electrons. The van der Waals surface area contributed by atoms with Gasteiger partial charge in [-0.25, -0.2) is 0 Å². The average Bonchev–Trinajstić information content (AvgIpc) is 2.62. The van der Waals surface area contributed by atoms with Crippen LogP contribution in [0, 0.1) is 0 Å². The SMILES string of the molecule is CSCCN(C)Cc1cc(Br)c2c(c1)OCCCO2. The highest BCUT2D eigenvalue weighted by atomic mass is 79.9. The van der Waals surface area contributed by atoms with E-state index in [1.54, 1.807) is 0 Å². The lowest BCUT2D eigenvalue weighted by atomic mass is 10.2. The van der Waals surface area contributed by atoms with Gasteiger partial charge in [-0.1, -0.05) is 0 Å². The second-order valence-corrected chi connectivity index (χ2v) is 6.53. The van der Waals surface area contributed by atoms with Crippen LogP contribution in [0.15, 0.2) is 16.6 Å². The Morgan fingerprint density at radius 3 is 2.89 bits per heavy atom. The van der Waals surface area contributed by atoms with Gasteiger partial charge in [-0.15, -0.1) is 0 Å². The Bertz CT molecular complexity index is 428. The van der Waals surface area contributed by atoms with Gasteiger partial charge in [0.25, 0.3) is 0 Å². The van der Waals surface area contributed by atoms with Crippen molar-refractivity contribution in [2.24, 2.45) is 0 Å². The lowest BCUT2D eigenvalue weighted by Gasteiger charge is -2.18. The molecule has 3 nitrogen and oxygen atoms in total. The average molecular weight is 346 g/mol. The van der Waals surface area contributed by atoms with Gasteiger partial charge >= 0.3 is 0 Å². The molecular formula is C14H20BrNO2S. The zero-order chi connectivity index (χ0) is 13.7. The summed E-state index contributed by atoms with van der Waals surface area (Å²) in [5.74, 6) is 2.86. The maximum atomic E-state index is 5.76. The topological polar surface area (TPSA) is 21.7 Å². The number of nitrogens with zero attached hydrogens (tertiary/aromatic N) is 1. The molecule has 1 aromatic carbocycles. The highest BCUT2D eigenvalue weighted by molar-refractivity contribution is 9.10. The predicted octanol–water partition coefficient (Wildman–Crippen LogP) is 3.41. The van der Waals surface area contributed by atoms with E-state index in [0.29, 0.717) is 0 Å². The van der Waals surface area contributed by atoms with Crippen LogP contribution in [0.25, 0.3) is 0 Å². The Hall–Kier alpha value is -0.390. The normalized spacial score (nSPS) is 14.5. The number of hydrogen-bond acceptors (Lipinski definition) is 4. The second-order valence-electron chi connectivity index (χ2n) is 4.69. The van der Waals surface area contributed by atoms with Crippen LogP contribution in [0.5, 0.6) is 11.5 Å². The van der Waals surface area contributed by atoms with E-state index >= 15 is 0 Å². The zero-order valence-electron chi connectivity index (χ0n) is 11.4. The Kier molecular flexibility index (Phi) is 5.85. The van der Waals surface area contributed by atoms with Gasteiger partial charge in [0.05, 0.1) is 17.7 Å². The summed E-state index contributed by atoms with van der Waals surface area (Å²) >= 11 is 5.46. The predicted molar refractivity (Wildman–Crippen MR) is 84.5 cm³/mol. The molecule has 0 aliphatic carbocycles. The third-order valence-corrected chi connectivity index (χ3v) is 4.17. The first kappa shape index (κ1) is 15.0. The molecule has 0 atom stereocenters. The highest BCUT2D eigenvalue weighted by Gasteiger charge is 2.15. The molecule has 1 aliphatic heterocycles.